The molecule has 1 amide bonds. The number of anilines is 1. The smallest absolute Gasteiger partial charge is 0.255 e. The van der Waals surface area contributed by atoms with Crippen molar-refractivity contribution in [2.24, 2.45) is 0 Å². The molecule has 2 rings (SSSR count). The number of amides is 1. The van der Waals surface area contributed by atoms with Gasteiger partial charge in [-0.3, -0.25) is 4.79 Å². The zero-order chi connectivity index (χ0) is 15.6. The molecule has 0 aliphatic carbocycles. The Morgan fingerprint density at radius 1 is 1.14 bits per heavy atom. The summed E-state index contributed by atoms with van der Waals surface area (Å²) >= 11 is 3.35. The van der Waals surface area contributed by atoms with Gasteiger partial charge in [0.15, 0.2) is 9.84 Å². The fourth-order valence-electron chi connectivity index (χ4n) is 1.88. The van der Waals surface area contributed by atoms with E-state index in [-0.39, 0.29) is 10.8 Å². The summed E-state index contributed by atoms with van der Waals surface area (Å²) in [5.41, 5.74) is 1.91. The molecule has 0 saturated carbocycles. The predicted molar refractivity (Wildman–Crippen MR) is 86.4 cm³/mol. The maximum absolute atomic E-state index is 12.2. The van der Waals surface area contributed by atoms with Gasteiger partial charge in [0.2, 0.25) is 0 Å². The summed E-state index contributed by atoms with van der Waals surface area (Å²) in [6, 6.07) is 11.6. The summed E-state index contributed by atoms with van der Waals surface area (Å²) in [6.45, 7) is 1.89. The molecule has 0 aliphatic rings. The van der Waals surface area contributed by atoms with Crippen LogP contribution in [0.4, 0.5) is 5.69 Å². The Kier molecular flexibility index (Phi) is 4.49. The first-order valence-electron chi connectivity index (χ1n) is 6.14. The Balaban J connectivity index is 2.28. The number of benzene rings is 2. The van der Waals surface area contributed by atoms with Crippen LogP contribution in [0, 0.1) is 6.92 Å². The van der Waals surface area contributed by atoms with E-state index in [9.17, 15) is 13.2 Å². The highest BCUT2D eigenvalue weighted by Crippen LogP contribution is 2.19. The van der Waals surface area contributed by atoms with Gasteiger partial charge in [-0.15, -0.1) is 0 Å². The van der Waals surface area contributed by atoms with E-state index in [4.69, 9.17) is 0 Å². The minimum absolute atomic E-state index is 0.172. The zero-order valence-electron chi connectivity index (χ0n) is 11.6. The van der Waals surface area contributed by atoms with Crippen LogP contribution in [-0.4, -0.2) is 20.6 Å². The molecule has 1 N–H and O–H groups in total. The summed E-state index contributed by atoms with van der Waals surface area (Å²) in [5.74, 6) is -0.287. The lowest BCUT2D eigenvalue weighted by Gasteiger charge is -2.08. The van der Waals surface area contributed by atoms with Crippen molar-refractivity contribution < 1.29 is 13.2 Å². The van der Waals surface area contributed by atoms with Gasteiger partial charge in [0, 0.05) is 22.0 Å². The van der Waals surface area contributed by atoms with E-state index in [0.717, 1.165) is 16.3 Å². The molecule has 0 aliphatic heterocycles. The number of aryl methyl sites for hydroxylation is 1. The molecule has 0 bridgehead atoms. The van der Waals surface area contributed by atoms with Crippen LogP contribution in [-0.2, 0) is 9.84 Å². The van der Waals surface area contributed by atoms with Gasteiger partial charge in [0.1, 0.15) is 0 Å². The second-order valence-electron chi connectivity index (χ2n) is 4.77. The second kappa shape index (κ2) is 5.99. The molecule has 0 radical (unpaired) electrons. The average molecular weight is 368 g/mol. The van der Waals surface area contributed by atoms with Gasteiger partial charge < -0.3 is 5.32 Å². The standard InChI is InChI=1S/C15H14BrNO3S/c1-10-6-11(8-12(16)7-10)15(18)17-13-4-3-5-14(9-13)21(2,19)20/h3-9H,1-2H3,(H,17,18). The van der Waals surface area contributed by atoms with Gasteiger partial charge in [0.05, 0.1) is 4.90 Å². The number of sulfone groups is 1. The first-order valence-corrected chi connectivity index (χ1v) is 8.83. The Bertz CT molecular complexity index is 780. The number of rotatable bonds is 3. The van der Waals surface area contributed by atoms with Crippen LogP contribution in [0.25, 0.3) is 0 Å². The molecule has 4 nitrogen and oxygen atoms in total. The van der Waals surface area contributed by atoms with E-state index in [0.29, 0.717) is 11.3 Å². The Morgan fingerprint density at radius 3 is 2.48 bits per heavy atom. The topological polar surface area (TPSA) is 63.2 Å². The molecule has 110 valence electrons. The number of hydrogen-bond acceptors (Lipinski definition) is 3. The number of nitrogens with one attached hydrogen (secondary N) is 1. The van der Waals surface area contributed by atoms with Crippen molar-refractivity contribution in [3.63, 3.8) is 0 Å². The zero-order valence-corrected chi connectivity index (χ0v) is 14.0. The summed E-state index contributed by atoms with van der Waals surface area (Å²) in [6.07, 6.45) is 1.13. The predicted octanol–water partition coefficient (Wildman–Crippen LogP) is 3.41. The lowest BCUT2D eigenvalue weighted by atomic mass is 10.1. The second-order valence-corrected chi connectivity index (χ2v) is 7.70. The minimum atomic E-state index is -3.30. The monoisotopic (exact) mass is 367 g/mol. The number of halogens is 1. The largest absolute Gasteiger partial charge is 0.322 e. The average Bonchev–Trinajstić information content (AvgIpc) is 2.37. The van der Waals surface area contributed by atoms with Crippen molar-refractivity contribution in [1.82, 2.24) is 0 Å². The maximum Gasteiger partial charge on any atom is 0.255 e. The number of hydrogen-bond donors (Lipinski definition) is 1. The van der Waals surface area contributed by atoms with Crippen molar-refractivity contribution in [1.29, 1.82) is 0 Å². The molecule has 0 unspecified atom stereocenters. The van der Waals surface area contributed by atoms with Crippen molar-refractivity contribution in [3.8, 4) is 0 Å². The highest BCUT2D eigenvalue weighted by Gasteiger charge is 2.11. The molecular formula is C15H14BrNO3S. The summed E-state index contributed by atoms with van der Waals surface area (Å²) in [4.78, 5) is 12.4. The fourth-order valence-corrected chi connectivity index (χ4v) is 3.15. The molecule has 2 aromatic rings. The van der Waals surface area contributed by atoms with Gasteiger partial charge >= 0.3 is 0 Å². The maximum atomic E-state index is 12.2. The first-order chi connectivity index (χ1) is 9.75. The highest BCUT2D eigenvalue weighted by molar-refractivity contribution is 9.10. The highest BCUT2D eigenvalue weighted by atomic mass is 79.9. The van der Waals surface area contributed by atoms with Crippen LogP contribution in [0.1, 0.15) is 15.9 Å². The van der Waals surface area contributed by atoms with Crippen molar-refractivity contribution >= 4 is 37.4 Å². The van der Waals surface area contributed by atoms with Crippen LogP contribution in [0.5, 0.6) is 0 Å². The van der Waals surface area contributed by atoms with Gasteiger partial charge in [-0.05, 0) is 48.9 Å². The summed E-state index contributed by atoms with van der Waals surface area (Å²) < 4.78 is 23.8. The van der Waals surface area contributed by atoms with Crippen LogP contribution in [0.3, 0.4) is 0 Å². The van der Waals surface area contributed by atoms with E-state index >= 15 is 0 Å². The van der Waals surface area contributed by atoms with Crippen LogP contribution in [0.15, 0.2) is 51.8 Å². The molecule has 21 heavy (non-hydrogen) atoms. The number of carbonyl (C=O) groups excluding carboxylic acids is 1. The van der Waals surface area contributed by atoms with Crippen LogP contribution >= 0.6 is 15.9 Å². The SMILES string of the molecule is Cc1cc(Br)cc(C(=O)Nc2cccc(S(C)(=O)=O)c2)c1. The van der Waals surface area contributed by atoms with Gasteiger partial charge in [-0.2, -0.15) is 0 Å². The van der Waals surface area contributed by atoms with E-state index in [2.05, 4.69) is 21.2 Å². The van der Waals surface area contributed by atoms with E-state index in [1.165, 1.54) is 12.1 Å². The molecule has 0 saturated heterocycles. The third kappa shape index (κ3) is 4.15. The minimum Gasteiger partial charge on any atom is -0.322 e. The Labute approximate surface area is 132 Å². The third-order valence-corrected chi connectivity index (χ3v) is 4.39. The van der Waals surface area contributed by atoms with Gasteiger partial charge in [0.25, 0.3) is 5.91 Å². The van der Waals surface area contributed by atoms with E-state index in [1.807, 2.05) is 13.0 Å². The number of carbonyl (C=O) groups is 1. The van der Waals surface area contributed by atoms with Crippen molar-refractivity contribution in [2.45, 2.75) is 11.8 Å². The van der Waals surface area contributed by atoms with Gasteiger partial charge in [-0.25, -0.2) is 8.42 Å². The molecule has 0 heterocycles. The van der Waals surface area contributed by atoms with Gasteiger partial charge in [-0.1, -0.05) is 22.0 Å². The van der Waals surface area contributed by atoms with Crippen LogP contribution in [0.2, 0.25) is 0 Å². The molecule has 0 aromatic heterocycles. The molecule has 2 aromatic carbocycles. The van der Waals surface area contributed by atoms with E-state index < -0.39 is 9.84 Å². The molecule has 6 heteroatoms. The first kappa shape index (κ1) is 15.7. The fraction of sp³-hybridized carbons (Fsp3) is 0.133. The molecule has 0 fully saturated rings. The molecule has 0 atom stereocenters. The molecule has 0 spiro atoms. The lowest BCUT2D eigenvalue weighted by molar-refractivity contribution is 0.102. The third-order valence-electron chi connectivity index (χ3n) is 2.82. The normalized spacial score (nSPS) is 11.2. The van der Waals surface area contributed by atoms with E-state index in [1.54, 1.807) is 24.3 Å². The Morgan fingerprint density at radius 2 is 1.86 bits per heavy atom. The lowest BCUT2D eigenvalue weighted by Crippen LogP contribution is -2.12. The summed E-state index contributed by atoms with van der Waals surface area (Å²) in [5, 5.41) is 2.70. The molecular weight excluding hydrogens is 354 g/mol. The van der Waals surface area contributed by atoms with Crippen LogP contribution < -0.4 is 5.32 Å². The Hall–Kier alpha value is -1.66. The summed E-state index contributed by atoms with van der Waals surface area (Å²) in [7, 11) is -3.30. The quantitative estimate of drug-likeness (QED) is 0.903. The van der Waals surface area contributed by atoms with Crippen molar-refractivity contribution in [3.05, 3.63) is 58.1 Å². The van der Waals surface area contributed by atoms with Crippen molar-refractivity contribution in [2.75, 3.05) is 11.6 Å².